The van der Waals surface area contributed by atoms with Crippen LogP contribution in [0.25, 0.3) is 0 Å². The zero-order valence-electron chi connectivity index (χ0n) is 9.36. The molecule has 0 saturated carbocycles. The van der Waals surface area contributed by atoms with Crippen LogP contribution in [0.4, 0.5) is 0 Å². The summed E-state index contributed by atoms with van der Waals surface area (Å²) in [5.41, 5.74) is -0.970. The summed E-state index contributed by atoms with van der Waals surface area (Å²) in [6.07, 6.45) is 1.85. The number of carboxylic acids is 1. The van der Waals surface area contributed by atoms with Crippen LogP contribution < -0.4 is 5.32 Å². The number of amides is 1. The van der Waals surface area contributed by atoms with Crippen LogP contribution in [0.5, 0.6) is 0 Å². The summed E-state index contributed by atoms with van der Waals surface area (Å²) >= 11 is 1.47. The number of thioether (sulfide) groups is 1. The lowest BCUT2D eigenvalue weighted by molar-refractivity contribution is -0.143. The van der Waals surface area contributed by atoms with E-state index in [1.807, 2.05) is 6.26 Å². The highest BCUT2D eigenvalue weighted by Gasteiger charge is 2.20. The predicted octanol–water partition coefficient (Wildman–Crippen LogP) is -0.682. The molecular weight excluding hydrogens is 234 g/mol. The zero-order valence-corrected chi connectivity index (χ0v) is 10.2. The number of aliphatic carboxylic acids is 1. The smallest absolute Gasteiger partial charge is 0.329 e. The zero-order chi connectivity index (χ0) is 12.6. The predicted molar refractivity (Wildman–Crippen MR) is 60.5 cm³/mol. The van der Waals surface area contributed by atoms with Crippen molar-refractivity contribution in [3.63, 3.8) is 0 Å². The number of carbonyl (C=O) groups is 2. The average Bonchev–Trinajstić information content (AvgIpc) is 2.14. The van der Waals surface area contributed by atoms with Gasteiger partial charge in [-0.3, -0.25) is 4.79 Å². The normalized spacial score (nSPS) is 14.2. The van der Waals surface area contributed by atoms with E-state index in [2.05, 4.69) is 10.1 Å². The highest BCUT2D eigenvalue weighted by molar-refractivity contribution is 7.98. The van der Waals surface area contributed by atoms with Gasteiger partial charge >= 0.3 is 5.97 Å². The van der Waals surface area contributed by atoms with E-state index in [1.165, 1.54) is 11.8 Å². The van der Waals surface area contributed by atoms with E-state index in [0.717, 1.165) is 0 Å². The first-order valence-corrected chi connectivity index (χ1v) is 6.04. The Kier molecular flexibility index (Phi) is 7.11. The third-order valence-electron chi connectivity index (χ3n) is 1.58. The Morgan fingerprint density at radius 1 is 1.44 bits per heavy atom. The first-order valence-electron chi connectivity index (χ1n) is 4.65. The number of ether oxygens (including phenoxy) is 1. The van der Waals surface area contributed by atoms with E-state index in [-0.39, 0.29) is 13.2 Å². The van der Waals surface area contributed by atoms with Gasteiger partial charge in [0.1, 0.15) is 13.2 Å². The first kappa shape index (κ1) is 15.2. The fourth-order valence-corrected chi connectivity index (χ4v) is 1.66. The number of hydrogen-bond donors (Lipinski definition) is 3. The molecule has 0 heterocycles. The average molecular weight is 251 g/mol. The van der Waals surface area contributed by atoms with Gasteiger partial charge in [0.2, 0.25) is 5.91 Å². The van der Waals surface area contributed by atoms with Gasteiger partial charge in [-0.1, -0.05) is 0 Å². The molecular formula is C9H17NO5S. The van der Waals surface area contributed by atoms with Crippen molar-refractivity contribution in [2.24, 2.45) is 0 Å². The van der Waals surface area contributed by atoms with E-state index < -0.39 is 24.1 Å². The van der Waals surface area contributed by atoms with Crippen molar-refractivity contribution in [3.05, 3.63) is 0 Å². The summed E-state index contributed by atoms with van der Waals surface area (Å²) in [6, 6.07) is 0. The third kappa shape index (κ3) is 8.51. The minimum absolute atomic E-state index is 0.114. The van der Waals surface area contributed by atoms with Crippen molar-refractivity contribution < 1.29 is 24.5 Å². The summed E-state index contributed by atoms with van der Waals surface area (Å²) in [5.74, 6) is -1.06. The summed E-state index contributed by atoms with van der Waals surface area (Å²) < 4.78 is 4.58. The summed E-state index contributed by atoms with van der Waals surface area (Å²) in [7, 11) is 0. The Morgan fingerprint density at radius 3 is 2.56 bits per heavy atom. The fourth-order valence-electron chi connectivity index (χ4n) is 0.933. The summed E-state index contributed by atoms with van der Waals surface area (Å²) in [6.45, 7) is 0.904. The number of carbonyl (C=O) groups excluding carboxylic acids is 1. The SMILES string of the molecule is CSCC(C)(O)CNC(=O)COCC(=O)O. The Bertz CT molecular complexity index is 244. The molecule has 94 valence electrons. The molecule has 0 aliphatic carbocycles. The maximum Gasteiger partial charge on any atom is 0.329 e. The van der Waals surface area contributed by atoms with Gasteiger partial charge in [0.15, 0.2) is 0 Å². The van der Waals surface area contributed by atoms with Crippen molar-refractivity contribution in [1.29, 1.82) is 0 Å². The number of nitrogens with one attached hydrogen (secondary N) is 1. The number of rotatable bonds is 8. The standard InChI is InChI=1S/C9H17NO5S/c1-9(14,6-16-2)5-10-7(11)3-15-4-8(12)13/h14H,3-6H2,1-2H3,(H,10,11)(H,12,13). The largest absolute Gasteiger partial charge is 0.480 e. The van der Waals surface area contributed by atoms with Crippen LogP contribution >= 0.6 is 11.8 Å². The highest BCUT2D eigenvalue weighted by atomic mass is 32.2. The molecule has 0 fully saturated rings. The van der Waals surface area contributed by atoms with Gasteiger partial charge in [-0.25, -0.2) is 4.79 Å². The molecule has 7 heteroatoms. The van der Waals surface area contributed by atoms with Gasteiger partial charge in [-0.2, -0.15) is 11.8 Å². The minimum Gasteiger partial charge on any atom is -0.480 e. The minimum atomic E-state index is -1.12. The fraction of sp³-hybridized carbons (Fsp3) is 0.778. The molecule has 1 atom stereocenters. The van der Waals surface area contributed by atoms with Gasteiger partial charge in [0.25, 0.3) is 0 Å². The van der Waals surface area contributed by atoms with E-state index in [9.17, 15) is 14.7 Å². The molecule has 0 aromatic heterocycles. The Balaban J connectivity index is 3.68. The molecule has 6 nitrogen and oxygen atoms in total. The van der Waals surface area contributed by atoms with E-state index in [1.54, 1.807) is 6.92 Å². The molecule has 1 unspecified atom stereocenters. The molecule has 3 N–H and O–H groups in total. The van der Waals surface area contributed by atoms with Gasteiger partial charge < -0.3 is 20.3 Å². The van der Waals surface area contributed by atoms with Gasteiger partial charge in [-0.15, -0.1) is 0 Å². The van der Waals surface area contributed by atoms with Crippen LogP contribution in [0, 0.1) is 0 Å². The molecule has 16 heavy (non-hydrogen) atoms. The molecule has 0 aromatic carbocycles. The van der Waals surface area contributed by atoms with Crippen LogP contribution in [-0.2, 0) is 14.3 Å². The van der Waals surface area contributed by atoms with E-state index in [0.29, 0.717) is 5.75 Å². The van der Waals surface area contributed by atoms with Crippen molar-refractivity contribution >= 4 is 23.6 Å². The third-order valence-corrected chi connectivity index (χ3v) is 2.49. The molecule has 0 aliphatic heterocycles. The maximum atomic E-state index is 11.1. The highest BCUT2D eigenvalue weighted by Crippen LogP contribution is 2.08. The second-order valence-electron chi connectivity index (χ2n) is 3.59. The topological polar surface area (TPSA) is 95.9 Å². The van der Waals surface area contributed by atoms with Crippen molar-refractivity contribution in [1.82, 2.24) is 5.32 Å². The molecule has 0 aliphatic rings. The lowest BCUT2D eigenvalue weighted by Gasteiger charge is -2.22. The van der Waals surface area contributed by atoms with Gasteiger partial charge in [-0.05, 0) is 13.2 Å². The Labute approximate surface area is 98.4 Å². The van der Waals surface area contributed by atoms with Crippen molar-refractivity contribution in [3.8, 4) is 0 Å². The lowest BCUT2D eigenvalue weighted by Crippen LogP contribution is -2.43. The van der Waals surface area contributed by atoms with E-state index >= 15 is 0 Å². The van der Waals surface area contributed by atoms with Gasteiger partial charge in [0, 0.05) is 12.3 Å². The molecule has 0 aromatic rings. The van der Waals surface area contributed by atoms with Gasteiger partial charge in [0.05, 0.1) is 5.60 Å². The van der Waals surface area contributed by atoms with Crippen molar-refractivity contribution in [2.75, 3.05) is 31.8 Å². The number of aliphatic hydroxyl groups is 1. The quantitative estimate of drug-likeness (QED) is 0.529. The first-order chi connectivity index (χ1) is 7.37. The number of carboxylic acid groups (broad SMARTS) is 1. The molecule has 1 amide bonds. The summed E-state index contributed by atoms with van der Waals surface area (Å²) in [4.78, 5) is 21.2. The van der Waals surface area contributed by atoms with Crippen LogP contribution in [0.3, 0.4) is 0 Å². The van der Waals surface area contributed by atoms with Crippen LogP contribution in [0.2, 0.25) is 0 Å². The lowest BCUT2D eigenvalue weighted by atomic mass is 10.1. The second-order valence-corrected chi connectivity index (χ2v) is 4.46. The van der Waals surface area contributed by atoms with Crippen LogP contribution in [0.1, 0.15) is 6.92 Å². The molecule has 0 bridgehead atoms. The summed E-state index contributed by atoms with van der Waals surface area (Å²) in [5, 5.41) is 20.4. The van der Waals surface area contributed by atoms with Crippen LogP contribution in [-0.4, -0.2) is 59.5 Å². The number of hydrogen-bond acceptors (Lipinski definition) is 5. The molecule has 0 radical (unpaired) electrons. The molecule has 0 saturated heterocycles. The monoisotopic (exact) mass is 251 g/mol. The Hall–Kier alpha value is -0.790. The van der Waals surface area contributed by atoms with E-state index in [4.69, 9.17) is 5.11 Å². The molecule has 0 rings (SSSR count). The maximum absolute atomic E-state index is 11.1. The Morgan fingerprint density at radius 2 is 2.06 bits per heavy atom. The van der Waals surface area contributed by atoms with Crippen molar-refractivity contribution in [2.45, 2.75) is 12.5 Å². The van der Waals surface area contributed by atoms with Crippen LogP contribution in [0.15, 0.2) is 0 Å². The molecule has 0 spiro atoms. The second kappa shape index (κ2) is 7.48.